The molecule has 0 aromatic carbocycles. The van der Waals surface area contributed by atoms with Crippen LogP contribution >= 0.6 is 0 Å². The van der Waals surface area contributed by atoms with Crippen molar-refractivity contribution in [1.82, 2.24) is 4.90 Å². The topological polar surface area (TPSA) is 20.3 Å². The van der Waals surface area contributed by atoms with Gasteiger partial charge in [0, 0.05) is 19.2 Å². The van der Waals surface area contributed by atoms with Gasteiger partial charge in [0.15, 0.2) is 0 Å². The van der Waals surface area contributed by atoms with Gasteiger partial charge in [-0.3, -0.25) is 4.79 Å². The van der Waals surface area contributed by atoms with Gasteiger partial charge in [-0.15, -0.1) is 0 Å². The number of likely N-dealkylation sites (tertiary alicyclic amines) is 1. The molecule has 1 aliphatic heterocycles. The van der Waals surface area contributed by atoms with Gasteiger partial charge in [-0.25, -0.2) is 0 Å². The molecule has 2 heteroatoms. The summed E-state index contributed by atoms with van der Waals surface area (Å²) in [6.45, 7) is 4.94. The minimum absolute atomic E-state index is 0.275. The molecule has 0 bridgehead atoms. The van der Waals surface area contributed by atoms with E-state index in [-0.39, 0.29) is 5.91 Å². The molecule has 1 heterocycles. The predicted molar refractivity (Wildman–Crippen MR) is 45.0 cm³/mol. The molecule has 0 N–H and O–H groups in total. The average Bonchev–Trinajstić information content (AvgIpc) is 1.93. The molecule has 0 aromatic heterocycles. The predicted octanol–water partition coefficient (Wildman–Crippen LogP) is 1.92. The van der Waals surface area contributed by atoms with Crippen molar-refractivity contribution in [3.8, 4) is 0 Å². The van der Waals surface area contributed by atoms with Crippen LogP contribution in [-0.4, -0.2) is 17.4 Å². The number of rotatable bonds is 1. The highest BCUT2D eigenvalue weighted by Crippen LogP contribution is 2.11. The monoisotopic (exact) mass is 153 g/mol. The molecular formula is C9H15NO. The number of nitrogens with zero attached hydrogens (tertiary/aromatic N) is 1. The van der Waals surface area contributed by atoms with Crippen molar-refractivity contribution in [2.24, 2.45) is 0 Å². The first kappa shape index (κ1) is 8.31. The second-order valence-corrected chi connectivity index (χ2v) is 3.25. The molecule has 1 fully saturated rings. The summed E-state index contributed by atoms with van der Waals surface area (Å²) in [4.78, 5) is 13.0. The standard InChI is InChI=1S/C9H15NO/c1-8(2)7-10-6-4-3-5-9(10)11/h7H,3-6H2,1-2H3. The third-order valence-corrected chi connectivity index (χ3v) is 1.77. The number of amides is 1. The Bertz CT molecular complexity index is 180. The Morgan fingerprint density at radius 2 is 2.18 bits per heavy atom. The summed E-state index contributed by atoms with van der Waals surface area (Å²) in [5, 5.41) is 0. The number of hydrogen-bond donors (Lipinski definition) is 0. The molecule has 0 saturated carbocycles. The van der Waals surface area contributed by atoms with E-state index >= 15 is 0 Å². The van der Waals surface area contributed by atoms with E-state index in [1.165, 1.54) is 5.57 Å². The van der Waals surface area contributed by atoms with E-state index in [1.54, 1.807) is 0 Å². The molecule has 2 nitrogen and oxygen atoms in total. The summed E-state index contributed by atoms with van der Waals surface area (Å²) < 4.78 is 0. The van der Waals surface area contributed by atoms with Crippen molar-refractivity contribution in [2.45, 2.75) is 33.1 Å². The van der Waals surface area contributed by atoms with Crippen molar-refractivity contribution in [2.75, 3.05) is 6.54 Å². The summed E-state index contributed by atoms with van der Waals surface area (Å²) in [5.41, 5.74) is 1.19. The highest BCUT2D eigenvalue weighted by molar-refractivity contribution is 5.77. The van der Waals surface area contributed by atoms with E-state index in [4.69, 9.17) is 0 Å². The number of carbonyl (C=O) groups excluding carboxylic acids is 1. The molecule has 0 spiro atoms. The van der Waals surface area contributed by atoms with Crippen molar-refractivity contribution < 1.29 is 4.79 Å². The van der Waals surface area contributed by atoms with Crippen molar-refractivity contribution in [3.05, 3.63) is 11.8 Å². The molecule has 1 saturated heterocycles. The zero-order valence-corrected chi connectivity index (χ0v) is 7.26. The summed E-state index contributed by atoms with van der Waals surface area (Å²) in [6.07, 6.45) is 4.88. The maximum absolute atomic E-state index is 11.2. The summed E-state index contributed by atoms with van der Waals surface area (Å²) >= 11 is 0. The second-order valence-electron chi connectivity index (χ2n) is 3.25. The lowest BCUT2D eigenvalue weighted by Gasteiger charge is -2.23. The van der Waals surface area contributed by atoms with E-state index in [2.05, 4.69) is 0 Å². The Kier molecular flexibility index (Phi) is 2.69. The first-order valence-corrected chi connectivity index (χ1v) is 4.14. The molecule has 0 aromatic rings. The van der Waals surface area contributed by atoms with Crippen LogP contribution in [0.2, 0.25) is 0 Å². The summed E-state index contributed by atoms with van der Waals surface area (Å²) in [7, 11) is 0. The van der Waals surface area contributed by atoms with Crippen LogP contribution in [0.15, 0.2) is 11.8 Å². The summed E-state index contributed by atoms with van der Waals surface area (Å²) in [6, 6.07) is 0. The lowest BCUT2D eigenvalue weighted by Crippen LogP contribution is -2.30. The van der Waals surface area contributed by atoms with Gasteiger partial charge in [0.25, 0.3) is 0 Å². The van der Waals surface area contributed by atoms with Gasteiger partial charge in [-0.05, 0) is 26.7 Å². The Labute approximate surface area is 67.9 Å². The van der Waals surface area contributed by atoms with Crippen LogP contribution in [-0.2, 0) is 4.79 Å². The van der Waals surface area contributed by atoms with E-state index in [0.717, 1.165) is 25.8 Å². The zero-order valence-electron chi connectivity index (χ0n) is 7.26. The van der Waals surface area contributed by atoms with Crippen molar-refractivity contribution in [1.29, 1.82) is 0 Å². The lowest BCUT2D eigenvalue weighted by molar-refractivity contribution is -0.130. The normalized spacial score (nSPS) is 18.4. The van der Waals surface area contributed by atoms with Crippen LogP contribution in [0.1, 0.15) is 33.1 Å². The second kappa shape index (κ2) is 3.56. The van der Waals surface area contributed by atoms with Gasteiger partial charge < -0.3 is 4.90 Å². The van der Waals surface area contributed by atoms with Gasteiger partial charge in [0.1, 0.15) is 0 Å². The molecule has 62 valence electrons. The van der Waals surface area contributed by atoms with Gasteiger partial charge in [0.2, 0.25) is 5.91 Å². The fourth-order valence-electron chi connectivity index (χ4n) is 1.27. The maximum atomic E-state index is 11.2. The van der Waals surface area contributed by atoms with E-state index in [0.29, 0.717) is 0 Å². The summed E-state index contributed by atoms with van der Waals surface area (Å²) in [5.74, 6) is 0.275. The Hall–Kier alpha value is -0.790. The van der Waals surface area contributed by atoms with Crippen molar-refractivity contribution >= 4 is 5.91 Å². The van der Waals surface area contributed by atoms with Crippen molar-refractivity contribution in [3.63, 3.8) is 0 Å². The fraction of sp³-hybridized carbons (Fsp3) is 0.667. The van der Waals surface area contributed by atoms with Crippen LogP contribution in [0.3, 0.4) is 0 Å². The molecule has 1 rings (SSSR count). The third kappa shape index (κ3) is 2.37. The van der Waals surface area contributed by atoms with Crippen LogP contribution in [0, 0.1) is 0 Å². The average molecular weight is 153 g/mol. The SMILES string of the molecule is CC(C)=CN1CCCCC1=O. The zero-order chi connectivity index (χ0) is 8.27. The lowest BCUT2D eigenvalue weighted by atomic mass is 10.1. The van der Waals surface area contributed by atoms with Gasteiger partial charge in [-0.2, -0.15) is 0 Å². The molecule has 1 aliphatic rings. The molecule has 11 heavy (non-hydrogen) atoms. The molecule has 0 aliphatic carbocycles. The number of allylic oxidation sites excluding steroid dienone is 1. The minimum Gasteiger partial charge on any atom is -0.319 e. The molecule has 0 unspecified atom stereocenters. The quantitative estimate of drug-likeness (QED) is 0.563. The van der Waals surface area contributed by atoms with Gasteiger partial charge in [-0.1, -0.05) is 5.57 Å². The van der Waals surface area contributed by atoms with E-state index < -0.39 is 0 Å². The van der Waals surface area contributed by atoms with Crippen LogP contribution in [0.25, 0.3) is 0 Å². The van der Waals surface area contributed by atoms with Crippen LogP contribution in [0.5, 0.6) is 0 Å². The smallest absolute Gasteiger partial charge is 0.226 e. The fourth-order valence-corrected chi connectivity index (χ4v) is 1.27. The first-order chi connectivity index (χ1) is 5.20. The number of piperidine rings is 1. The minimum atomic E-state index is 0.275. The molecular weight excluding hydrogens is 138 g/mol. The van der Waals surface area contributed by atoms with E-state index in [9.17, 15) is 4.79 Å². The third-order valence-electron chi connectivity index (χ3n) is 1.77. The maximum Gasteiger partial charge on any atom is 0.226 e. The number of carbonyl (C=O) groups is 1. The molecule has 0 atom stereocenters. The number of hydrogen-bond acceptors (Lipinski definition) is 1. The molecule has 1 amide bonds. The van der Waals surface area contributed by atoms with E-state index in [1.807, 2.05) is 24.9 Å². The van der Waals surface area contributed by atoms with Gasteiger partial charge in [0.05, 0.1) is 0 Å². The van der Waals surface area contributed by atoms with Gasteiger partial charge >= 0.3 is 0 Å². The highest BCUT2D eigenvalue weighted by Gasteiger charge is 2.14. The van der Waals surface area contributed by atoms with Crippen LogP contribution < -0.4 is 0 Å². The highest BCUT2D eigenvalue weighted by atomic mass is 16.2. The first-order valence-electron chi connectivity index (χ1n) is 4.14. The Balaban J connectivity index is 2.55. The Morgan fingerprint density at radius 3 is 2.73 bits per heavy atom. The molecule has 0 radical (unpaired) electrons. The van der Waals surface area contributed by atoms with Crippen LogP contribution in [0.4, 0.5) is 0 Å². The largest absolute Gasteiger partial charge is 0.319 e. The Morgan fingerprint density at radius 1 is 1.45 bits per heavy atom.